The van der Waals surface area contributed by atoms with Crippen molar-refractivity contribution in [2.75, 3.05) is 0 Å². The molecular formula is C19H19ClN4O. The highest BCUT2D eigenvalue weighted by Crippen LogP contribution is 2.21. The van der Waals surface area contributed by atoms with Crippen LogP contribution in [0.25, 0.3) is 11.3 Å². The van der Waals surface area contributed by atoms with Crippen molar-refractivity contribution in [1.29, 1.82) is 0 Å². The minimum absolute atomic E-state index is 0.00818. The third kappa shape index (κ3) is 4.32. The predicted octanol–water partition coefficient (Wildman–Crippen LogP) is 2.82. The molecule has 128 valence electrons. The summed E-state index contributed by atoms with van der Waals surface area (Å²) in [4.78, 5) is 16.4. The van der Waals surface area contributed by atoms with Crippen LogP contribution in [-0.2, 0) is 24.7 Å². The maximum atomic E-state index is 12.5. The summed E-state index contributed by atoms with van der Waals surface area (Å²) in [6.07, 6.45) is 2.41. The van der Waals surface area contributed by atoms with Gasteiger partial charge in [-0.2, -0.15) is 5.10 Å². The number of carbonyl (C=O) groups is 1. The fourth-order valence-electron chi connectivity index (χ4n) is 2.67. The topological polar surface area (TPSA) is 73.8 Å². The van der Waals surface area contributed by atoms with E-state index in [-0.39, 0.29) is 12.2 Å². The average molecular weight is 355 g/mol. The van der Waals surface area contributed by atoms with Crippen molar-refractivity contribution in [1.82, 2.24) is 14.8 Å². The van der Waals surface area contributed by atoms with Gasteiger partial charge in [-0.25, -0.2) is 4.98 Å². The molecule has 25 heavy (non-hydrogen) atoms. The van der Waals surface area contributed by atoms with E-state index in [1.807, 2.05) is 49.5 Å². The normalized spacial score (nSPS) is 12.1. The second kappa shape index (κ2) is 7.59. The zero-order chi connectivity index (χ0) is 17.8. The van der Waals surface area contributed by atoms with E-state index in [0.29, 0.717) is 11.6 Å². The van der Waals surface area contributed by atoms with Gasteiger partial charge in [0.15, 0.2) is 5.78 Å². The summed E-state index contributed by atoms with van der Waals surface area (Å²) in [5.41, 5.74) is 9.57. The number of aryl methyl sites for hydroxylation is 1. The second-order valence-electron chi connectivity index (χ2n) is 5.95. The van der Waals surface area contributed by atoms with Gasteiger partial charge < -0.3 is 5.73 Å². The van der Waals surface area contributed by atoms with E-state index in [2.05, 4.69) is 10.1 Å². The lowest BCUT2D eigenvalue weighted by molar-refractivity contribution is -0.119. The summed E-state index contributed by atoms with van der Waals surface area (Å²) in [6, 6.07) is 14.7. The lowest BCUT2D eigenvalue weighted by atomic mass is 10.0. The number of ketones is 1. The van der Waals surface area contributed by atoms with Crippen molar-refractivity contribution in [2.24, 2.45) is 12.8 Å². The molecule has 0 saturated heterocycles. The van der Waals surface area contributed by atoms with Crippen molar-refractivity contribution in [3.63, 3.8) is 0 Å². The number of hydrogen-bond acceptors (Lipinski definition) is 4. The predicted molar refractivity (Wildman–Crippen MR) is 98.3 cm³/mol. The molecule has 0 aliphatic rings. The number of aromatic nitrogens is 3. The van der Waals surface area contributed by atoms with Crippen LogP contribution in [0.1, 0.15) is 11.3 Å². The summed E-state index contributed by atoms with van der Waals surface area (Å²) < 4.78 is 1.71. The number of hydrogen-bond donors (Lipinski definition) is 1. The molecular weight excluding hydrogens is 336 g/mol. The zero-order valence-electron chi connectivity index (χ0n) is 13.9. The largest absolute Gasteiger partial charge is 0.321 e. The maximum absolute atomic E-state index is 12.5. The van der Waals surface area contributed by atoms with Crippen LogP contribution in [0.15, 0.2) is 54.7 Å². The van der Waals surface area contributed by atoms with Crippen molar-refractivity contribution < 1.29 is 4.79 Å². The molecule has 0 aliphatic heterocycles. The van der Waals surface area contributed by atoms with Crippen LogP contribution in [0.4, 0.5) is 0 Å². The number of pyridine rings is 1. The van der Waals surface area contributed by atoms with Crippen LogP contribution >= 0.6 is 11.6 Å². The molecule has 0 spiro atoms. The summed E-state index contributed by atoms with van der Waals surface area (Å²) in [5.74, 6) is -0.00818. The van der Waals surface area contributed by atoms with Crippen LogP contribution in [0, 0.1) is 0 Å². The highest BCUT2D eigenvalue weighted by Gasteiger charge is 2.17. The Bertz CT molecular complexity index is 876. The molecule has 2 heterocycles. The standard InChI is InChI=1S/C19H19ClN4O/c1-24-15(11-17(23-24)14-7-8-22-19(20)10-14)12-18(25)16(21)9-13-5-3-2-4-6-13/h2-8,10-11,16H,9,12,21H2,1H3/t16-/m0/s1. The average Bonchev–Trinajstić information content (AvgIpc) is 2.96. The Balaban J connectivity index is 1.71. The van der Waals surface area contributed by atoms with Gasteiger partial charge in [-0.1, -0.05) is 41.9 Å². The number of nitrogens with two attached hydrogens (primary N) is 1. The van der Waals surface area contributed by atoms with Crippen LogP contribution in [0.5, 0.6) is 0 Å². The van der Waals surface area contributed by atoms with E-state index in [1.165, 1.54) is 0 Å². The zero-order valence-corrected chi connectivity index (χ0v) is 14.6. The third-order valence-corrected chi connectivity index (χ3v) is 4.27. The van der Waals surface area contributed by atoms with Gasteiger partial charge in [-0.3, -0.25) is 9.48 Å². The van der Waals surface area contributed by atoms with E-state index in [9.17, 15) is 4.79 Å². The van der Waals surface area contributed by atoms with Gasteiger partial charge in [0, 0.05) is 24.5 Å². The number of nitrogens with zero attached hydrogens (tertiary/aromatic N) is 3. The summed E-state index contributed by atoms with van der Waals surface area (Å²) in [6.45, 7) is 0. The number of halogens is 1. The Kier molecular flexibility index (Phi) is 5.26. The van der Waals surface area contributed by atoms with Crippen LogP contribution in [0.3, 0.4) is 0 Å². The first-order valence-electron chi connectivity index (χ1n) is 8.00. The molecule has 2 aromatic heterocycles. The summed E-state index contributed by atoms with van der Waals surface area (Å²) >= 11 is 5.93. The van der Waals surface area contributed by atoms with E-state index < -0.39 is 6.04 Å². The third-order valence-electron chi connectivity index (χ3n) is 4.07. The van der Waals surface area contributed by atoms with E-state index >= 15 is 0 Å². The van der Waals surface area contributed by atoms with Gasteiger partial charge >= 0.3 is 0 Å². The first kappa shape index (κ1) is 17.3. The number of benzene rings is 1. The lowest BCUT2D eigenvalue weighted by Gasteiger charge is -2.10. The van der Waals surface area contributed by atoms with Gasteiger partial charge in [-0.05, 0) is 30.2 Å². The molecule has 3 rings (SSSR count). The molecule has 0 amide bonds. The van der Waals surface area contributed by atoms with Crippen molar-refractivity contribution in [3.05, 3.63) is 71.1 Å². The Morgan fingerprint density at radius 3 is 2.72 bits per heavy atom. The smallest absolute Gasteiger partial charge is 0.155 e. The van der Waals surface area contributed by atoms with Crippen LogP contribution in [0.2, 0.25) is 5.15 Å². The molecule has 1 atom stereocenters. The van der Waals surface area contributed by atoms with Gasteiger partial charge in [-0.15, -0.1) is 0 Å². The summed E-state index contributed by atoms with van der Waals surface area (Å²) in [7, 11) is 1.82. The van der Waals surface area contributed by atoms with Gasteiger partial charge in [0.1, 0.15) is 5.15 Å². The van der Waals surface area contributed by atoms with E-state index in [0.717, 1.165) is 22.5 Å². The Hall–Kier alpha value is -2.50. The van der Waals surface area contributed by atoms with E-state index in [4.69, 9.17) is 17.3 Å². The molecule has 3 aromatic rings. The molecule has 0 radical (unpaired) electrons. The first-order valence-corrected chi connectivity index (χ1v) is 8.38. The SMILES string of the molecule is Cn1nc(-c2ccnc(Cl)c2)cc1CC(=O)[C@@H](N)Cc1ccccc1. The van der Waals surface area contributed by atoms with Crippen LogP contribution in [-0.4, -0.2) is 26.6 Å². The Morgan fingerprint density at radius 1 is 1.24 bits per heavy atom. The van der Waals surface area contributed by atoms with Crippen molar-refractivity contribution >= 4 is 17.4 Å². The molecule has 5 nitrogen and oxygen atoms in total. The summed E-state index contributed by atoms with van der Waals surface area (Å²) in [5, 5.41) is 4.86. The minimum Gasteiger partial charge on any atom is -0.321 e. The lowest BCUT2D eigenvalue weighted by Crippen LogP contribution is -2.34. The molecule has 0 fully saturated rings. The quantitative estimate of drug-likeness (QED) is 0.691. The van der Waals surface area contributed by atoms with Crippen LogP contribution < -0.4 is 5.73 Å². The molecule has 1 aromatic carbocycles. The first-order chi connectivity index (χ1) is 12.0. The Labute approximate surface area is 151 Å². The number of rotatable bonds is 6. The van der Waals surface area contributed by atoms with Gasteiger partial charge in [0.25, 0.3) is 0 Å². The molecule has 2 N–H and O–H groups in total. The number of carbonyl (C=O) groups excluding carboxylic acids is 1. The highest BCUT2D eigenvalue weighted by molar-refractivity contribution is 6.29. The second-order valence-corrected chi connectivity index (χ2v) is 6.34. The fourth-order valence-corrected chi connectivity index (χ4v) is 2.84. The molecule has 6 heteroatoms. The monoisotopic (exact) mass is 354 g/mol. The van der Waals surface area contributed by atoms with Gasteiger partial charge in [0.2, 0.25) is 0 Å². The molecule has 0 aliphatic carbocycles. The number of Topliss-reactive ketones (excluding diaryl/α,β-unsaturated/α-hetero) is 1. The fraction of sp³-hybridized carbons (Fsp3) is 0.211. The molecule has 0 bridgehead atoms. The maximum Gasteiger partial charge on any atom is 0.155 e. The van der Waals surface area contributed by atoms with Crippen molar-refractivity contribution in [3.8, 4) is 11.3 Å². The minimum atomic E-state index is -0.531. The molecule has 0 saturated carbocycles. The van der Waals surface area contributed by atoms with Crippen molar-refractivity contribution in [2.45, 2.75) is 18.9 Å². The van der Waals surface area contributed by atoms with E-state index in [1.54, 1.807) is 16.9 Å². The highest BCUT2D eigenvalue weighted by atomic mass is 35.5. The van der Waals surface area contributed by atoms with Gasteiger partial charge in [0.05, 0.1) is 18.2 Å². The molecule has 0 unspecified atom stereocenters. The Morgan fingerprint density at radius 2 is 2.00 bits per heavy atom.